The van der Waals surface area contributed by atoms with Crippen molar-refractivity contribution in [3.63, 3.8) is 0 Å². The smallest absolute Gasteiger partial charge is 0.129 e. The maximum Gasteiger partial charge on any atom is 0.129 e. The Balaban J connectivity index is 2.04. The van der Waals surface area contributed by atoms with Crippen molar-refractivity contribution >= 4 is 5.82 Å². The van der Waals surface area contributed by atoms with Crippen molar-refractivity contribution in [2.24, 2.45) is 0 Å². The molecule has 0 saturated carbocycles. The normalized spacial score (nSPS) is 20.6. The number of nitrogens with one attached hydrogen (secondary N) is 1. The minimum atomic E-state index is 0.294. The Morgan fingerprint density at radius 3 is 3.18 bits per heavy atom. The molecule has 0 aliphatic carbocycles. The number of hydrogen-bond acceptors (Lipinski definition) is 4. The zero-order valence-electron chi connectivity index (χ0n) is 10.6. The zero-order chi connectivity index (χ0) is 12.1. The first-order valence-corrected chi connectivity index (χ1v) is 6.33. The van der Waals surface area contributed by atoms with Gasteiger partial charge < -0.3 is 15.0 Å². The second-order valence-corrected chi connectivity index (χ2v) is 4.39. The van der Waals surface area contributed by atoms with Crippen LogP contribution >= 0.6 is 0 Å². The third kappa shape index (κ3) is 3.41. The van der Waals surface area contributed by atoms with Gasteiger partial charge in [-0.3, -0.25) is 0 Å². The lowest BCUT2D eigenvalue weighted by atomic mass is 10.2. The van der Waals surface area contributed by atoms with Crippen molar-refractivity contribution in [1.82, 2.24) is 10.3 Å². The Morgan fingerprint density at radius 2 is 2.41 bits per heavy atom. The van der Waals surface area contributed by atoms with Crippen molar-refractivity contribution < 1.29 is 4.74 Å². The van der Waals surface area contributed by atoms with E-state index in [-0.39, 0.29) is 0 Å². The molecule has 2 heterocycles. The molecule has 2 rings (SSSR count). The van der Waals surface area contributed by atoms with E-state index in [1.54, 1.807) is 0 Å². The van der Waals surface area contributed by atoms with Gasteiger partial charge in [-0.2, -0.15) is 0 Å². The second-order valence-electron chi connectivity index (χ2n) is 4.39. The molecule has 0 radical (unpaired) electrons. The average Bonchev–Trinajstić information content (AvgIpc) is 2.37. The fourth-order valence-electron chi connectivity index (χ4n) is 2.02. The molecule has 1 aliphatic heterocycles. The van der Waals surface area contributed by atoms with Gasteiger partial charge in [0.05, 0.1) is 18.4 Å². The number of anilines is 1. The Kier molecular flexibility index (Phi) is 4.34. The Morgan fingerprint density at radius 1 is 1.53 bits per heavy atom. The highest BCUT2D eigenvalue weighted by Crippen LogP contribution is 2.15. The third-order valence-electron chi connectivity index (χ3n) is 2.91. The first kappa shape index (κ1) is 12.3. The van der Waals surface area contributed by atoms with Gasteiger partial charge in [-0.25, -0.2) is 4.98 Å². The predicted octanol–water partition coefficient (Wildman–Crippen LogP) is 1.42. The molecule has 1 fully saturated rings. The van der Waals surface area contributed by atoms with Crippen LogP contribution in [0, 0.1) is 0 Å². The zero-order valence-corrected chi connectivity index (χ0v) is 10.6. The number of hydrogen-bond donors (Lipinski definition) is 1. The lowest BCUT2D eigenvalue weighted by Crippen LogP contribution is -2.41. The van der Waals surface area contributed by atoms with Gasteiger partial charge in [0.25, 0.3) is 0 Å². The largest absolute Gasteiger partial charge is 0.375 e. The fourth-order valence-corrected chi connectivity index (χ4v) is 2.02. The maximum absolute atomic E-state index is 5.54. The number of nitrogens with zero attached hydrogens (tertiary/aromatic N) is 2. The molecule has 1 aromatic heterocycles. The van der Waals surface area contributed by atoms with E-state index < -0.39 is 0 Å². The summed E-state index contributed by atoms with van der Waals surface area (Å²) in [5.41, 5.74) is 1.10. The highest BCUT2D eigenvalue weighted by molar-refractivity contribution is 5.39. The molecule has 4 heteroatoms. The van der Waals surface area contributed by atoms with Crippen LogP contribution in [0.3, 0.4) is 0 Å². The van der Waals surface area contributed by atoms with Gasteiger partial charge in [0.1, 0.15) is 5.82 Å². The summed E-state index contributed by atoms with van der Waals surface area (Å²) < 4.78 is 5.54. The number of pyridine rings is 1. The van der Waals surface area contributed by atoms with Crippen molar-refractivity contribution in [2.75, 3.05) is 31.1 Å². The predicted molar refractivity (Wildman–Crippen MR) is 69.2 cm³/mol. The summed E-state index contributed by atoms with van der Waals surface area (Å²) in [5.74, 6) is 1.07. The SMILES string of the molecule is CCNCc1cccc(N2CCOC(C)C2)n1. The van der Waals surface area contributed by atoms with Crippen LogP contribution < -0.4 is 10.2 Å². The lowest BCUT2D eigenvalue weighted by Gasteiger charge is -2.32. The van der Waals surface area contributed by atoms with Crippen LogP contribution in [-0.4, -0.2) is 37.3 Å². The Labute approximate surface area is 103 Å². The summed E-state index contributed by atoms with van der Waals surface area (Å²) in [6.07, 6.45) is 0.294. The molecular formula is C13H21N3O. The summed E-state index contributed by atoms with van der Waals surface area (Å²) in [7, 11) is 0. The standard InChI is InChI=1S/C13H21N3O/c1-3-14-9-12-5-4-6-13(15-12)16-7-8-17-11(2)10-16/h4-6,11,14H,3,7-10H2,1-2H3. The molecule has 0 amide bonds. The third-order valence-corrected chi connectivity index (χ3v) is 2.91. The van der Waals surface area contributed by atoms with E-state index >= 15 is 0 Å². The van der Waals surface area contributed by atoms with Gasteiger partial charge in [0.15, 0.2) is 0 Å². The summed E-state index contributed by atoms with van der Waals surface area (Å²) in [6, 6.07) is 6.22. The van der Waals surface area contributed by atoms with Gasteiger partial charge in [-0.05, 0) is 25.6 Å². The number of rotatable bonds is 4. The van der Waals surface area contributed by atoms with Gasteiger partial charge >= 0.3 is 0 Å². The second kappa shape index (κ2) is 5.98. The van der Waals surface area contributed by atoms with Gasteiger partial charge in [-0.15, -0.1) is 0 Å². The van der Waals surface area contributed by atoms with Crippen LogP contribution in [0.1, 0.15) is 19.5 Å². The van der Waals surface area contributed by atoms with Gasteiger partial charge in [0.2, 0.25) is 0 Å². The molecule has 94 valence electrons. The summed E-state index contributed by atoms with van der Waals surface area (Å²) in [6.45, 7) is 8.67. The molecule has 1 unspecified atom stereocenters. The first-order chi connectivity index (χ1) is 8.29. The van der Waals surface area contributed by atoms with Crippen LogP contribution in [0.25, 0.3) is 0 Å². The van der Waals surface area contributed by atoms with Gasteiger partial charge in [-0.1, -0.05) is 13.0 Å². The highest BCUT2D eigenvalue weighted by Gasteiger charge is 2.17. The molecule has 1 aliphatic rings. The topological polar surface area (TPSA) is 37.4 Å². The highest BCUT2D eigenvalue weighted by atomic mass is 16.5. The molecule has 4 nitrogen and oxygen atoms in total. The van der Waals surface area contributed by atoms with E-state index in [1.165, 1.54) is 0 Å². The quantitative estimate of drug-likeness (QED) is 0.856. The van der Waals surface area contributed by atoms with Crippen LogP contribution in [0.5, 0.6) is 0 Å². The summed E-state index contributed by atoms with van der Waals surface area (Å²) >= 11 is 0. The van der Waals surface area contributed by atoms with E-state index in [1.807, 2.05) is 0 Å². The van der Waals surface area contributed by atoms with Crippen molar-refractivity contribution in [2.45, 2.75) is 26.5 Å². The van der Waals surface area contributed by atoms with E-state index in [2.05, 4.69) is 47.2 Å². The van der Waals surface area contributed by atoms with Crippen LogP contribution in [0.15, 0.2) is 18.2 Å². The Hall–Kier alpha value is -1.13. The van der Waals surface area contributed by atoms with E-state index in [0.717, 1.165) is 44.3 Å². The molecule has 0 aromatic carbocycles. The van der Waals surface area contributed by atoms with Crippen LogP contribution in [0.2, 0.25) is 0 Å². The molecule has 17 heavy (non-hydrogen) atoms. The number of ether oxygens (including phenoxy) is 1. The average molecular weight is 235 g/mol. The lowest BCUT2D eigenvalue weighted by molar-refractivity contribution is 0.0529. The van der Waals surface area contributed by atoms with Crippen molar-refractivity contribution in [1.29, 1.82) is 0 Å². The van der Waals surface area contributed by atoms with E-state index in [0.29, 0.717) is 6.10 Å². The Bertz CT molecular complexity index is 356. The van der Waals surface area contributed by atoms with E-state index in [9.17, 15) is 0 Å². The van der Waals surface area contributed by atoms with Gasteiger partial charge in [0, 0.05) is 19.6 Å². The van der Waals surface area contributed by atoms with Crippen LogP contribution in [0.4, 0.5) is 5.82 Å². The van der Waals surface area contributed by atoms with Crippen molar-refractivity contribution in [3.05, 3.63) is 23.9 Å². The fraction of sp³-hybridized carbons (Fsp3) is 0.615. The first-order valence-electron chi connectivity index (χ1n) is 6.33. The van der Waals surface area contributed by atoms with Crippen molar-refractivity contribution in [3.8, 4) is 0 Å². The van der Waals surface area contributed by atoms with E-state index in [4.69, 9.17) is 4.74 Å². The molecule has 1 atom stereocenters. The summed E-state index contributed by atoms with van der Waals surface area (Å²) in [4.78, 5) is 6.97. The molecule has 1 N–H and O–H groups in total. The minimum absolute atomic E-state index is 0.294. The number of aromatic nitrogens is 1. The summed E-state index contributed by atoms with van der Waals surface area (Å²) in [5, 5.41) is 3.30. The monoisotopic (exact) mass is 235 g/mol. The minimum Gasteiger partial charge on any atom is -0.375 e. The van der Waals surface area contributed by atoms with Crippen LogP contribution in [-0.2, 0) is 11.3 Å². The molecule has 1 aromatic rings. The molecule has 1 saturated heterocycles. The maximum atomic E-state index is 5.54. The number of morpholine rings is 1. The molecule has 0 spiro atoms. The molecule has 0 bridgehead atoms. The molecular weight excluding hydrogens is 214 g/mol.